The minimum atomic E-state index is -3.41. The second kappa shape index (κ2) is 10.0. The SMILES string of the molecule is CS(=O)(=O)Nc1ccc(NS(C)(=O)=O)c(SCCN2CCCCC2)c1.Cl. The number of anilines is 2. The van der Waals surface area contributed by atoms with Crippen molar-refractivity contribution in [3.05, 3.63) is 18.2 Å². The zero-order valence-electron chi connectivity index (χ0n) is 14.9. The Bertz CT molecular complexity index is 794. The fourth-order valence-electron chi connectivity index (χ4n) is 2.67. The monoisotopic (exact) mass is 443 g/mol. The average Bonchev–Trinajstić information content (AvgIpc) is 2.48. The van der Waals surface area contributed by atoms with Crippen LogP contribution >= 0.6 is 24.2 Å². The molecule has 2 N–H and O–H groups in total. The normalized spacial score (nSPS) is 15.9. The highest BCUT2D eigenvalue weighted by Crippen LogP contribution is 2.31. The molecule has 7 nitrogen and oxygen atoms in total. The van der Waals surface area contributed by atoms with E-state index in [-0.39, 0.29) is 12.4 Å². The first-order valence-electron chi connectivity index (χ1n) is 8.07. The molecule has 0 atom stereocenters. The summed E-state index contributed by atoms with van der Waals surface area (Å²) in [6.07, 6.45) is 5.90. The Labute approximate surface area is 166 Å². The predicted octanol–water partition coefficient (Wildman–Crippen LogP) is 2.43. The third-order valence-electron chi connectivity index (χ3n) is 3.69. The van der Waals surface area contributed by atoms with E-state index in [2.05, 4.69) is 14.3 Å². The molecule has 26 heavy (non-hydrogen) atoms. The number of rotatable bonds is 8. The Morgan fingerprint density at radius 3 is 2.19 bits per heavy atom. The Morgan fingerprint density at radius 1 is 1.00 bits per heavy atom. The van der Waals surface area contributed by atoms with Gasteiger partial charge < -0.3 is 4.90 Å². The number of sulfonamides is 2. The van der Waals surface area contributed by atoms with Crippen LogP contribution in [0.5, 0.6) is 0 Å². The van der Waals surface area contributed by atoms with E-state index in [4.69, 9.17) is 0 Å². The molecule has 0 aromatic heterocycles. The van der Waals surface area contributed by atoms with Gasteiger partial charge in [0.1, 0.15) is 0 Å². The topological polar surface area (TPSA) is 95.6 Å². The number of thioether (sulfide) groups is 1. The van der Waals surface area contributed by atoms with Gasteiger partial charge in [-0.2, -0.15) is 0 Å². The lowest BCUT2D eigenvalue weighted by atomic mass is 10.1. The molecular weight excluding hydrogens is 418 g/mol. The minimum absolute atomic E-state index is 0. The molecule has 1 aliphatic rings. The Kier molecular flexibility index (Phi) is 9.01. The van der Waals surface area contributed by atoms with Crippen LogP contribution < -0.4 is 9.44 Å². The smallest absolute Gasteiger partial charge is 0.229 e. The van der Waals surface area contributed by atoms with E-state index in [1.54, 1.807) is 18.2 Å². The fraction of sp³-hybridized carbons (Fsp3) is 0.600. The summed E-state index contributed by atoms with van der Waals surface area (Å²) in [6.45, 7) is 3.13. The van der Waals surface area contributed by atoms with Gasteiger partial charge in [0.15, 0.2) is 0 Å². The van der Waals surface area contributed by atoms with Crippen molar-refractivity contribution in [1.29, 1.82) is 0 Å². The van der Waals surface area contributed by atoms with Gasteiger partial charge in [-0.25, -0.2) is 16.8 Å². The number of halogens is 1. The third kappa shape index (κ3) is 8.81. The summed E-state index contributed by atoms with van der Waals surface area (Å²) in [5.41, 5.74) is 0.882. The highest BCUT2D eigenvalue weighted by molar-refractivity contribution is 7.99. The number of nitrogens with zero attached hydrogens (tertiary/aromatic N) is 1. The van der Waals surface area contributed by atoms with E-state index in [0.29, 0.717) is 16.3 Å². The van der Waals surface area contributed by atoms with Crippen LogP contribution in [0, 0.1) is 0 Å². The van der Waals surface area contributed by atoms with Gasteiger partial charge in [0, 0.05) is 22.9 Å². The molecule has 0 amide bonds. The highest BCUT2D eigenvalue weighted by atomic mass is 35.5. The molecule has 1 aromatic rings. The van der Waals surface area contributed by atoms with Gasteiger partial charge in [-0.15, -0.1) is 24.2 Å². The fourth-order valence-corrected chi connectivity index (χ4v) is 4.92. The van der Waals surface area contributed by atoms with E-state index < -0.39 is 20.0 Å². The van der Waals surface area contributed by atoms with Crippen LogP contribution in [0.25, 0.3) is 0 Å². The number of nitrogens with one attached hydrogen (secondary N) is 2. The lowest BCUT2D eigenvalue weighted by Gasteiger charge is -2.26. The number of piperidine rings is 1. The summed E-state index contributed by atoms with van der Waals surface area (Å²) < 4.78 is 50.8. The van der Waals surface area contributed by atoms with E-state index in [1.165, 1.54) is 31.0 Å². The second-order valence-electron chi connectivity index (χ2n) is 6.21. The van der Waals surface area contributed by atoms with Gasteiger partial charge in [-0.1, -0.05) is 6.42 Å². The van der Waals surface area contributed by atoms with Crippen molar-refractivity contribution >= 4 is 55.6 Å². The summed E-state index contributed by atoms with van der Waals surface area (Å²) in [4.78, 5) is 3.11. The highest BCUT2D eigenvalue weighted by Gasteiger charge is 2.13. The number of benzene rings is 1. The van der Waals surface area contributed by atoms with Gasteiger partial charge in [0.25, 0.3) is 0 Å². The van der Waals surface area contributed by atoms with Crippen LogP contribution in [0.1, 0.15) is 19.3 Å². The van der Waals surface area contributed by atoms with Gasteiger partial charge in [-0.05, 0) is 44.1 Å². The quantitative estimate of drug-likeness (QED) is 0.599. The van der Waals surface area contributed by atoms with E-state index >= 15 is 0 Å². The van der Waals surface area contributed by atoms with Gasteiger partial charge in [-0.3, -0.25) is 9.44 Å². The molecule has 1 fully saturated rings. The zero-order chi connectivity index (χ0) is 18.5. The Morgan fingerprint density at radius 2 is 1.62 bits per heavy atom. The molecule has 0 aliphatic carbocycles. The number of hydrogen-bond acceptors (Lipinski definition) is 6. The molecular formula is C15H26ClN3O4S3. The van der Waals surface area contributed by atoms with Crippen molar-refractivity contribution in [3.8, 4) is 0 Å². The molecule has 0 unspecified atom stereocenters. The van der Waals surface area contributed by atoms with Crippen LogP contribution in [0.15, 0.2) is 23.1 Å². The third-order valence-corrected chi connectivity index (χ3v) is 5.93. The largest absolute Gasteiger partial charge is 0.303 e. The summed E-state index contributed by atoms with van der Waals surface area (Å²) in [5, 5.41) is 0. The van der Waals surface area contributed by atoms with Gasteiger partial charge in [0.05, 0.1) is 18.2 Å². The first-order valence-corrected chi connectivity index (χ1v) is 12.8. The first kappa shape index (κ1) is 23.4. The van der Waals surface area contributed by atoms with Crippen molar-refractivity contribution in [1.82, 2.24) is 4.90 Å². The Balaban J connectivity index is 0.00000338. The van der Waals surface area contributed by atoms with Crippen molar-refractivity contribution in [3.63, 3.8) is 0 Å². The molecule has 0 spiro atoms. The first-order chi connectivity index (χ1) is 11.6. The van der Waals surface area contributed by atoms with Crippen molar-refractivity contribution in [2.45, 2.75) is 24.2 Å². The molecule has 1 aliphatic heterocycles. The summed E-state index contributed by atoms with van der Waals surface area (Å²) >= 11 is 1.52. The molecule has 1 saturated heterocycles. The predicted molar refractivity (Wildman–Crippen MR) is 112 cm³/mol. The van der Waals surface area contributed by atoms with E-state index in [9.17, 15) is 16.8 Å². The maximum absolute atomic E-state index is 11.5. The van der Waals surface area contributed by atoms with Crippen molar-refractivity contribution in [2.75, 3.05) is 47.3 Å². The number of hydrogen-bond donors (Lipinski definition) is 2. The van der Waals surface area contributed by atoms with Crippen LogP contribution in [0.2, 0.25) is 0 Å². The van der Waals surface area contributed by atoms with E-state index in [1.807, 2.05) is 0 Å². The van der Waals surface area contributed by atoms with Crippen molar-refractivity contribution in [2.24, 2.45) is 0 Å². The van der Waals surface area contributed by atoms with Crippen molar-refractivity contribution < 1.29 is 16.8 Å². The van der Waals surface area contributed by atoms with E-state index in [0.717, 1.165) is 37.9 Å². The second-order valence-corrected chi connectivity index (χ2v) is 10.8. The van der Waals surface area contributed by atoms with Crippen LogP contribution in [0.4, 0.5) is 11.4 Å². The minimum Gasteiger partial charge on any atom is -0.303 e. The Hall–Kier alpha value is -0.680. The van der Waals surface area contributed by atoms with Crippen LogP contribution in [0.3, 0.4) is 0 Å². The lowest BCUT2D eigenvalue weighted by molar-refractivity contribution is 0.242. The zero-order valence-corrected chi connectivity index (χ0v) is 18.2. The molecule has 0 bridgehead atoms. The van der Waals surface area contributed by atoms with Crippen LogP contribution in [-0.4, -0.2) is 59.6 Å². The molecule has 2 rings (SSSR count). The maximum Gasteiger partial charge on any atom is 0.229 e. The molecule has 150 valence electrons. The molecule has 1 heterocycles. The van der Waals surface area contributed by atoms with Gasteiger partial charge in [0.2, 0.25) is 20.0 Å². The summed E-state index contributed by atoms with van der Waals surface area (Å²) in [7, 11) is -6.79. The van der Waals surface area contributed by atoms with Gasteiger partial charge >= 0.3 is 0 Å². The molecule has 1 aromatic carbocycles. The maximum atomic E-state index is 11.5. The lowest BCUT2D eigenvalue weighted by Crippen LogP contribution is -2.31. The average molecular weight is 444 g/mol. The van der Waals surface area contributed by atoms with Crippen LogP contribution in [-0.2, 0) is 20.0 Å². The summed E-state index contributed by atoms with van der Waals surface area (Å²) in [5.74, 6) is 0.806. The number of likely N-dealkylation sites (tertiary alicyclic amines) is 1. The molecule has 0 radical (unpaired) electrons. The molecule has 0 saturated carbocycles. The summed E-state index contributed by atoms with van der Waals surface area (Å²) in [6, 6.07) is 4.79. The molecule has 11 heteroatoms. The standard InChI is InChI=1S/C15H25N3O4S3.ClH/c1-24(19,20)16-13-6-7-14(17-25(2,21)22)15(12-13)23-11-10-18-8-4-3-5-9-18;/h6-7,12,16-17H,3-5,8-11H2,1-2H3;1H.